The van der Waals surface area contributed by atoms with Crippen molar-refractivity contribution in [3.63, 3.8) is 0 Å². The maximum atomic E-state index is 6.06. The van der Waals surface area contributed by atoms with Crippen molar-refractivity contribution in [3.8, 4) is 23.0 Å². The van der Waals surface area contributed by atoms with E-state index >= 15 is 0 Å². The molecule has 0 heterocycles. The lowest BCUT2D eigenvalue weighted by Crippen LogP contribution is -2.01. The molecule has 0 bridgehead atoms. The average molecular weight is 427 g/mol. The van der Waals surface area contributed by atoms with Crippen LogP contribution in [0.25, 0.3) is 0 Å². The summed E-state index contributed by atoms with van der Waals surface area (Å²) >= 11 is 6.01. The van der Waals surface area contributed by atoms with E-state index in [-0.39, 0.29) is 0 Å². The third-order valence-electron chi connectivity index (χ3n) is 4.42. The van der Waals surface area contributed by atoms with Crippen molar-refractivity contribution >= 4 is 11.6 Å². The van der Waals surface area contributed by atoms with Gasteiger partial charge in [0.1, 0.15) is 24.7 Å². The van der Waals surface area contributed by atoms with Gasteiger partial charge in [-0.25, -0.2) is 0 Å². The third-order valence-corrected chi connectivity index (χ3v) is 4.73. The van der Waals surface area contributed by atoms with Crippen LogP contribution < -0.4 is 18.9 Å². The molecule has 0 aliphatic rings. The molecular formula is C25H27ClO4. The summed E-state index contributed by atoms with van der Waals surface area (Å²) in [7, 11) is 0. The molecule has 158 valence electrons. The van der Waals surface area contributed by atoms with Crippen molar-refractivity contribution in [1.82, 2.24) is 0 Å². The van der Waals surface area contributed by atoms with E-state index in [4.69, 9.17) is 30.5 Å². The van der Waals surface area contributed by atoms with Crippen LogP contribution in [0.2, 0.25) is 0 Å². The molecule has 3 aromatic rings. The van der Waals surface area contributed by atoms with Gasteiger partial charge in [-0.2, -0.15) is 0 Å². The van der Waals surface area contributed by atoms with Gasteiger partial charge >= 0.3 is 0 Å². The number of hydrogen-bond donors (Lipinski definition) is 0. The predicted octanol–water partition coefficient (Wildman–Crippen LogP) is 6.38. The van der Waals surface area contributed by atoms with E-state index in [2.05, 4.69) is 0 Å². The molecule has 0 amide bonds. The first-order chi connectivity index (χ1) is 14.7. The van der Waals surface area contributed by atoms with Gasteiger partial charge in [-0.05, 0) is 66.9 Å². The molecule has 4 nitrogen and oxygen atoms in total. The van der Waals surface area contributed by atoms with Crippen LogP contribution in [0.1, 0.15) is 30.5 Å². The molecule has 0 atom stereocenters. The van der Waals surface area contributed by atoms with Gasteiger partial charge in [0.2, 0.25) is 0 Å². The van der Waals surface area contributed by atoms with Gasteiger partial charge in [0.25, 0.3) is 0 Å². The number of rotatable bonds is 11. The van der Waals surface area contributed by atoms with Crippen molar-refractivity contribution in [2.75, 3.05) is 13.2 Å². The Kier molecular flexibility index (Phi) is 8.28. The highest BCUT2D eigenvalue weighted by atomic mass is 35.5. The minimum Gasteiger partial charge on any atom is -0.494 e. The zero-order valence-electron chi connectivity index (χ0n) is 17.4. The minimum absolute atomic E-state index is 0.415. The van der Waals surface area contributed by atoms with Crippen molar-refractivity contribution in [3.05, 3.63) is 83.4 Å². The molecule has 0 aliphatic heterocycles. The molecule has 0 fully saturated rings. The van der Waals surface area contributed by atoms with Gasteiger partial charge in [-0.3, -0.25) is 0 Å². The molecule has 3 aromatic carbocycles. The Morgan fingerprint density at radius 2 is 1.03 bits per heavy atom. The van der Waals surface area contributed by atoms with E-state index in [0.717, 1.165) is 28.2 Å². The summed E-state index contributed by atoms with van der Waals surface area (Å²) in [6.45, 7) is 6.10. The van der Waals surface area contributed by atoms with Crippen molar-refractivity contribution in [2.45, 2.75) is 32.9 Å². The average Bonchev–Trinajstić information content (AvgIpc) is 2.79. The van der Waals surface area contributed by atoms with Gasteiger partial charge < -0.3 is 18.9 Å². The van der Waals surface area contributed by atoms with E-state index in [0.29, 0.717) is 43.8 Å². The van der Waals surface area contributed by atoms with E-state index in [1.165, 1.54) is 0 Å². The van der Waals surface area contributed by atoms with Crippen LogP contribution in [-0.2, 0) is 19.1 Å². The molecule has 0 saturated heterocycles. The Balaban J connectivity index is 1.65. The molecule has 0 radical (unpaired) electrons. The van der Waals surface area contributed by atoms with Crippen molar-refractivity contribution in [1.29, 1.82) is 0 Å². The summed E-state index contributed by atoms with van der Waals surface area (Å²) in [5, 5.41) is 0. The van der Waals surface area contributed by atoms with Crippen LogP contribution in [0.5, 0.6) is 23.0 Å². The molecule has 0 aliphatic carbocycles. The van der Waals surface area contributed by atoms with Gasteiger partial charge in [0, 0.05) is 5.88 Å². The third kappa shape index (κ3) is 6.33. The maximum Gasteiger partial charge on any atom is 0.162 e. The molecule has 5 heteroatoms. The Morgan fingerprint density at radius 1 is 0.567 bits per heavy atom. The fourth-order valence-electron chi connectivity index (χ4n) is 2.89. The number of alkyl halides is 1. The highest BCUT2D eigenvalue weighted by Gasteiger charge is 2.08. The van der Waals surface area contributed by atoms with Crippen LogP contribution in [0.15, 0.2) is 66.7 Å². The van der Waals surface area contributed by atoms with Gasteiger partial charge in [-0.15, -0.1) is 11.6 Å². The minimum atomic E-state index is 0.415. The summed E-state index contributed by atoms with van der Waals surface area (Å²) in [6, 6.07) is 21.6. The van der Waals surface area contributed by atoms with E-state index in [1.807, 2.05) is 80.6 Å². The zero-order valence-corrected chi connectivity index (χ0v) is 18.2. The number of hydrogen-bond acceptors (Lipinski definition) is 4. The quantitative estimate of drug-likeness (QED) is 0.333. The van der Waals surface area contributed by atoms with E-state index in [1.54, 1.807) is 0 Å². The smallest absolute Gasteiger partial charge is 0.162 e. The Hall–Kier alpha value is -2.85. The van der Waals surface area contributed by atoms with Gasteiger partial charge in [0.05, 0.1) is 13.2 Å². The Labute approximate surface area is 183 Å². The Bertz CT molecular complexity index is 907. The first-order valence-corrected chi connectivity index (χ1v) is 10.6. The zero-order chi connectivity index (χ0) is 21.2. The molecule has 0 unspecified atom stereocenters. The van der Waals surface area contributed by atoms with Crippen LogP contribution in [0, 0.1) is 0 Å². The first-order valence-electron chi connectivity index (χ1n) is 10.1. The first kappa shape index (κ1) is 21.8. The summed E-state index contributed by atoms with van der Waals surface area (Å²) in [5.41, 5.74) is 3.08. The summed E-state index contributed by atoms with van der Waals surface area (Å²) < 4.78 is 23.1. The highest BCUT2D eigenvalue weighted by molar-refractivity contribution is 6.17. The van der Waals surface area contributed by atoms with Gasteiger partial charge in [-0.1, -0.05) is 30.3 Å². The monoisotopic (exact) mass is 426 g/mol. The lowest BCUT2D eigenvalue weighted by Gasteiger charge is -2.14. The largest absolute Gasteiger partial charge is 0.494 e. The van der Waals surface area contributed by atoms with Crippen LogP contribution in [-0.4, -0.2) is 13.2 Å². The highest BCUT2D eigenvalue weighted by Crippen LogP contribution is 2.31. The van der Waals surface area contributed by atoms with Crippen LogP contribution in [0.3, 0.4) is 0 Å². The lowest BCUT2D eigenvalue weighted by atomic mass is 10.2. The second kappa shape index (κ2) is 11.4. The summed E-state index contributed by atoms with van der Waals surface area (Å²) in [5.74, 6) is 3.48. The molecular weight excluding hydrogens is 400 g/mol. The number of ether oxygens (including phenoxy) is 4. The van der Waals surface area contributed by atoms with Gasteiger partial charge in [0.15, 0.2) is 11.5 Å². The molecule has 3 rings (SSSR count). The molecule has 0 saturated carbocycles. The SMILES string of the molecule is CCOc1ccc(COc2ccc(CCl)cc2OCc2ccc(OCC)cc2)cc1. The lowest BCUT2D eigenvalue weighted by molar-refractivity contribution is 0.255. The predicted molar refractivity (Wildman–Crippen MR) is 120 cm³/mol. The maximum absolute atomic E-state index is 6.06. The second-order valence-corrected chi connectivity index (χ2v) is 6.91. The van der Waals surface area contributed by atoms with E-state index in [9.17, 15) is 0 Å². The molecule has 0 N–H and O–H groups in total. The van der Waals surface area contributed by atoms with Crippen molar-refractivity contribution < 1.29 is 18.9 Å². The molecule has 0 spiro atoms. The normalized spacial score (nSPS) is 10.5. The van der Waals surface area contributed by atoms with Crippen molar-refractivity contribution in [2.24, 2.45) is 0 Å². The van der Waals surface area contributed by atoms with Crippen LogP contribution >= 0.6 is 11.6 Å². The second-order valence-electron chi connectivity index (χ2n) is 6.65. The molecule has 30 heavy (non-hydrogen) atoms. The topological polar surface area (TPSA) is 36.9 Å². The molecule has 0 aromatic heterocycles. The standard InChI is InChI=1S/C25H27ClO4/c1-3-27-22-10-5-19(6-11-22)17-29-24-14-9-21(16-26)15-25(24)30-18-20-7-12-23(13-8-20)28-4-2/h5-15H,3-4,16-18H2,1-2H3. The number of benzene rings is 3. The van der Waals surface area contributed by atoms with Crippen LogP contribution in [0.4, 0.5) is 0 Å². The van der Waals surface area contributed by atoms with E-state index < -0.39 is 0 Å². The number of halogens is 1. The summed E-state index contributed by atoms with van der Waals surface area (Å²) in [4.78, 5) is 0. The Morgan fingerprint density at radius 3 is 1.50 bits per heavy atom. The fourth-order valence-corrected chi connectivity index (χ4v) is 3.05. The fraction of sp³-hybridized carbons (Fsp3) is 0.280. The summed E-state index contributed by atoms with van der Waals surface area (Å²) in [6.07, 6.45) is 0.